The van der Waals surface area contributed by atoms with Gasteiger partial charge in [-0.1, -0.05) is 23.7 Å². The van der Waals surface area contributed by atoms with Crippen LogP contribution in [0, 0.1) is 12.8 Å². The number of benzene rings is 1. The lowest BCUT2D eigenvalue weighted by Gasteiger charge is -2.17. The van der Waals surface area contributed by atoms with Gasteiger partial charge >= 0.3 is 0 Å². The van der Waals surface area contributed by atoms with Crippen LogP contribution in [-0.2, 0) is 9.84 Å². The Morgan fingerprint density at radius 2 is 2.18 bits per heavy atom. The maximum atomic E-state index is 11.4. The van der Waals surface area contributed by atoms with E-state index in [0.717, 1.165) is 5.56 Å². The molecule has 0 spiro atoms. The van der Waals surface area contributed by atoms with Gasteiger partial charge < -0.3 is 5.11 Å². The van der Waals surface area contributed by atoms with Crippen molar-refractivity contribution in [2.45, 2.75) is 19.4 Å². The highest BCUT2D eigenvalue weighted by molar-refractivity contribution is 7.91. The van der Waals surface area contributed by atoms with Gasteiger partial charge in [0.2, 0.25) is 0 Å². The summed E-state index contributed by atoms with van der Waals surface area (Å²) >= 11 is 5.99. The zero-order valence-electron chi connectivity index (χ0n) is 9.56. The van der Waals surface area contributed by atoms with Gasteiger partial charge in [0.25, 0.3) is 0 Å². The second-order valence-electron chi connectivity index (χ2n) is 4.62. The lowest BCUT2D eigenvalue weighted by atomic mass is 9.95. The van der Waals surface area contributed by atoms with Gasteiger partial charge in [0.05, 0.1) is 17.6 Å². The highest BCUT2D eigenvalue weighted by Crippen LogP contribution is 2.32. The van der Waals surface area contributed by atoms with Gasteiger partial charge in [-0.15, -0.1) is 0 Å². The standard InChI is InChI=1S/C12H15ClO3S/c1-8-2-3-9(6-11(8)13)12(14)10-4-5-17(15,16)7-10/h2-3,6,10,12,14H,4-5,7H2,1H3. The second kappa shape index (κ2) is 4.59. The van der Waals surface area contributed by atoms with Crippen molar-refractivity contribution < 1.29 is 13.5 Å². The lowest BCUT2D eigenvalue weighted by molar-refractivity contribution is 0.121. The van der Waals surface area contributed by atoms with Crippen molar-refractivity contribution in [1.29, 1.82) is 0 Å². The third kappa shape index (κ3) is 2.81. The normalized spacial score (nSPS) is 24.8. The van der Waals surface area contributed by atoms with Crippen molar-refractivity contribution in [1.82, 2.24) is 0 Å². The molecule has 0 aliphatic carbocycles. The predicted octanol–water partition coefficient (Wildman–Crippen LogP) is 2.12. The molecule has 0 aromatic heterocycles. The Hall–Kier alpha value is -0.580. The maximum absolute atomic E-state index is 11.4. The van der Waals surface area contributed by atoms with E-state index < -0.39 is 15.9 Å². The van der Waals surface area contributed by atoms with Gasteiger partial charge in [-0.05, 0) is 30.5 Å². The Morgan fingerprint density at radius 3 is 2.71 bits per heavy atom. The molecule has 1 N–H and O–H groups in total. The number of aliphatic hydroxyl groups is 1. The van der Waals surface area contributed by atoms with Gasteiger partial charge in [0, 0.05) is 10.9 Å². The smallest absolute Gasteiger partial charge is 0.150 e. The summed E-state index contributed by atoms with van der Waals surface area (Å²) in [5, 5.41) is 10.7. The molecule has 1 aromatic carbocycles. The van der Waals surface area contributed by atoms with Crippen molar-refractivity contribution in [3.8, 4) is 0 Å². The number of aryl methyl sites for hydroxylation is 1. The summed E-state index contributed by atoms with van der Waals surface area (Å²) in [6.07, 6.45) is -0.222. The van der Waals surface area contributed by atoms with Gasteiger partial charge in [-0.3, -0.25) is 0 Å². The van der Waals surface area contributed by atoms with Crippen LogP contribution in [0.25, 0.3) is 0 Å². The Bertz CT molecular complexity index is 525. The van der Waals surface area contributed by atoms with Gasteiger partial charge in [0.15, 0.2) is 9.84 Å². The molecule has 1 aliphatic rings. The van der Waals surface area contributed by atoms with Crippen LogP contribution in [-0.4, -0.2) is 25.0 Å². The number of hydrogen-bond acceptors (Lipinski definition) is 3. The van der Waals surface area contributed by atoms with E-state index in [1.165, 1.54) is 0 Å². The third-order valence-electron chi connectivity index (χ3n) is 3.25. The molecule has 1 aromatic rings. The minimum absolute atomic E-state index is 0.0691. The van der Waals surface area contributed by atoms with Crippen LogP contribution in [0.5, 0.6) is 0 Å². The largest absolute Gasteiger partial charge is 0.388 e. The zero-order valence-corrected chi connectivity index (χ0v) is 11.1. The molecule has 0 amide bonds. The molecule has 2 rings (SSSR count). The summed E-state index contributed by atoms with van der Waals surface area (Å²) in [5.41, 5.74) is 1.64. The van der Waals surface area contributed by atoms with E-state index >= 15 is 0 Å². The summed E-state index contributed by atoms with van der Waals surface area (Å²) < 4.78 is 22.7. The highest BCUT2D eigenvalue weighted by atomic mass is 35.5. The van der Waals surface area contributed by atoms with Crippen molar-refractivity contribution >= 4 is 21.4 Å². The van der Waals surface area contributed by atoms with Crippen molar-refractivity contribution in [2.75, 3.05) is 11.5 Å². The topological polar surface area (TPSA) is 54.4 Å². The summed E-state index contributed by atoms with van der Waals surface area (Å²) in [7, 11) is -2.96. The molecule has 1 heterocycles. The molecular weight excluding hydrogens is 260 g/mol. The van der Waals surface area contributed by atoms with Crippen LogP contribution < -0.4 is 0 Å². The lowest BCUT2D eigenvalue weighted by Crippen LogP contribution is -2.14. The van der Waals surface area contributed by atoms with Crippen molar-refractivity contribution in [3.63, 3.8) is 0 Å². The fourth-order valence-corrected chi connectivity index (χ4v) is 4.16. The first-order valence-corrected chi connectivity index (χ1v) is 7.73. The molecule has 0 bridgehead atoms. The van der Waals surface area contributed by atoms with Crippen LogP contribution in [0.3, 0.4) is 0 Å². The van der Waals surface area contributed by atoms with Crippen LogP contribution in [0.4, 0.5) is 0 Å². The molecule has 17 heavy (non-hydrogen) atoms. The van der Waals surface area contributed by atoms with E-state index in [1.807, 2.05) is 13.0 Å². The minimum atomic E-state index is -2.96. The van der Waals surface area contributed by atoms with Gasteiger partial charge in [-0.2, -0.15) is 0 Å². The summed E-state index contributed by atoms with van der Waals surface area (Å²) in [6, 6.07) is 5.35. The quantitative estimate of drug-likeness (QED) is 0.899. The zero-order chi connectivity index (χ0) is 12.6. The molecule has 1 fully saturated rings. The Kier molecular flexibility index (Phi) is 3.48. The van der Waals surface area contributed by atoms with Gasteiger partial charge in [0.1, 0.15) is 0 Å². The molecule has 2 atom stereocenters. The van der Waals surface area contributed by atoms with E-state index in [1.54, 1.807) is 12.1 Å². The average molecular weight is 275 g/mol. The van der Waals surface area contributed by atoms with Gasteiger partial charge in [-0.25, -0.2) is 8.42 Å². The Labute approximate surface area is 106 Å². The van der Waals surface area contributed by atoms with Crippen LogP contribution >= 0.6 is 11.6 Å². The van der Waals surface area contributed by atoms with E-state index in [4.69, 9.17) is 11.6 Å². The number of hydrogen-bond donors (Lipinski definition) is 1. The monoisotopic (exact) mass is 274 g/mol. The van der Waals surface area contributed by atoms with E-state index in [2.05, 4.69) is 0 Å². The first-order chi connectivity index (χ1) is 7.89. The molecule has 3 nitrogen and oxygen atoms in total. The molecule has 94 valence electrons. The SMILES string of the molecule is Cc1ccc(C(O)C2CCS(=O)(=O)C2)cc1Cl. The number of rotatable bonds is 2. The molecule has 0 saturated carbocycles. The Balaban J connectivity index is 2.20. The first-order valence-electron chi connectivity index (χ1n) is 5.53. The number of halogens is 1. The minimum Gasteiger partial charge on any atom is -0.388 e. The van der Waals surface area contributed by atoms with Crippen molar-refractivity contribution in [3.05, 3.63) is 34.3 Å². The highest BCUT2D eigenvalue weighted by Gasteiger charge is 2.33. The Morgan fingerprint density at radius 1 is 1.47 bits per heavy atom. The average Bonchev–Trinajstić information content (AvgIpc) is 2.62. The fourth-order valence-electron chi connectivity index (χ4n) is 2.14. The summed E-state index contributed by atoms with van der Waals surface area (Å²) in [5.74, 6) is 0.0346. The molecule has 5 heteroatoms. The van der Waals surface area contributed by atoms with E-state index in [-0.39, 0.29) is 17.4 Å². The molecule has 1 saturated heterocycles. The second-order valence-corrected chi connectivity index (χ2v) is 7.25. The molecule has 1 aliphatic heterocycles. The molecule has 0 radical (unpaired) electrons. The molecular formula is C12H15ClO3S. The predicted molar refractivity (Wildman–Crippen MR) is 67.9 cm³/mol. The third-order valence-corrected chi connectivity index (χ3v) is 5.45. The molecule has 2 unspecified atom stereocenters. The van der Waals surface area contributed by atoms with Crippen LogP contribution in [0.15, 0.2) is 18.2 Å². The number of aliphatic hydroxyl groups excluding tert-OH is 1. The summed E-state index contributed by atoms with van der Waals surface area (Å²) in [4.78, 5) is 0. The summed E-state index contributed by atoms with van der Waals surface area (Å²) in [6.45, 7) is 1.89. The van der Waals surface area contributed by atoms with Crippen LogP contribution in [0.2, 0.25) is 5.02 Å². The number of sulfone groups is 1. The van der Waals surface area contributed by atoms with E-state index in [0.29, 0.717) is 17.0 Å². The fraction of sp³-hybridized carbons (Fsp3) is 0.500. The van der Waals surface area contributed by atoms with E-state index in [9.17, 15) is 13.5 Å². The first kappa shape index (κ1) is 12.9. The van der Waals surface area contributed by atoms with Crippen LogP contribution in [0.1, 0.15) is 23.7 Å². The maximum Gasteiger partial charge on any atom is 0.150 e. The van der Waals surface area contributed by atoms with Crippen molar-refractivity contribution in [2.24, 2.45) is 5.92 Å².